The maximum Gasteiger partial charge on any atom is 0.114 e. The molecule has 0 radical (unpaired) electrons. The Bertz CT molecular complexity index is 473. The summed E-state index contributed by atoms with van der Waals surface area (Å²) in [6, 6.07) is 8.56. The van der Waals surface area contributed by atoms with E-state index in [1.165, 1.54) is 22.3 Å². The molecule has 70 valence electrons. The lowest BCUT2D eigenvalue weighted by molar-refractivity contribution is 0.418. The predicted molar refractivity (Wildman–Crippen MR) is 66.5 cm³/mol. The lowest BCUT2D eigenvalue weighted by atomic mass is 9.76. The third-order valence-corrected chi connectivity index (χ3v) is 3.06. The van der Waals surface area contributed by atoms with Crippen LogP contribution >= 0.6 is 24.0 Å². The Morgan fingerprint density at radius 2 is 1.86 bits per heavy atom. The summed E-state index contributed by atoms with van der Waals surface area (Å²) in [5, 5.41) is 0. The minimum Gasteiger partial charge on any atom is -0.360 e. The fourth-order valence-electron chi connectivity index (χ4n) is 2.36. The van der Waals surface area contributed by atoms with Crippen molar-refractivity contribution < 1.29 is 4.74 Å². The van der Waals surface area contributed by atoms with Crippen LogP contribution in [0.1, 0.15) is 11.1 Å². The van der Waals surface area contributed by atoms with Crippen LogP contribution in [0.5, 0.6) is 0 Å². The number of halogens is 1. The zero-order valence-corrected chi connectivity index (χ0v) is 9.77. The number of allylic oxidation sites excluding steroid dienone is 2. The average Bonchev–Trinajstić information content (AvgIpc) is 2.89. The average molecular weight is 296 g/mol. The van der Waals surface area contributed by atoms with Gasteiger partial charge in [-0.1, -0.05) is 36.4 Å². The van der Waals surface area contributed by atoms with Gasteiger partial charge in [-0.15, -0.1) is 24.0 Å². The first-order valence-electron chi connectivity index (χ1n) is 4.63. The molecular weight excluding hydrogens is 287 g/mol. The molecule has 1 heterocycles. The summed E-state index contributed by atoms with van der Waals surface area (Å²) in [4.78, 5) is 0. The van der Waals surface area contributed by atoms with Crippen molar-refractivity contribution >= 4 is 35.1 Å². The summed E-state index contributed by atoms with van der Waals surface area (Å²) in [6.07, 6.45) is 5.13. The number of hydrogen-bond donors (Lipinski definition) is 0. The van der Waals surface area contributed by atoms with Gasteiger partial charge >= 0.3 is 0 Å². The van der Waals surface area contributed by atoms with Gasteiger partial charge in [-0.25, -0.2) is 0 Å². The predicted octanol–water partition coefficient (Wildman–Crippen LogP) is 2.87. The highest BCUT2D eigenvalue weighted by Crippen LogP contribution is 2.52. The van der Waals surface area contributed by atoms with E-state index in [4.69, 9.17) is 4.74 Å². The van der Waals surface area contributed by atoms with E-state index < -0.39 is 0 Å². The van der Waals surface area contributed by atoms with Gasteiger partial charge in [-0.3, -0.25) is 0 Å². The van der Waals surface area contributed by atoms with Gasteiger partial charge in [0, 0.05) is 0 Å². The van der Waals surface area contributed by atoms with Crippen molar-refractivity contribution in [2.75, 3.05) is 0 Å². The molecular formula is C12H9IO. The molecule has 0 spiro atoms. The number of hydrogen-bond acceptors (Lipinski definition) is 1. The Balaban J connectivity index is 0.000000640. The Labute approximate surface area is 99.5 Å². The number of fused-ring (bicyclic) bond motifs is 5. The van der Waals surface area contributed by atoms with Crippen molar-refractivity contribution in [3.05, 3.63) is 47.5 Å². The number of ether oxygens (including phenoxy) is 1. The van der Waals surface area contributed by atoms with Gasteiger partial charge in [-0.2, -0.15) is 0 Å². The highest BCUT2D eigenvalue weighted by molar-refractivity contribution is 14.0. The quantitative estimate of drug-likeness (QED) is 0.530. The van der Waals surface area contributed by atoms with Crippen molar-refractivity contribution in [3.63, 3.8) is 0 Å². The SMILES string of the molecule is C1=CC2OC2C2=C1c1ccccc12.I. The zero-order chi connectivity index (χ0) is 8.41. The summed E-state index contributed by atoms with van der Waals surface area (Å²) in [7, 11) is 0. The van der Waals surface area contributed by atoms with Gasteiger partial charge in [0.05, 0.1) is 0 Å². The van der Waals surface area contributed by atoms with E-state index in [2.05, 4.69) is 36.4 Å². The largest absolute Gasteiger partial charge is 0.360 e. The molecule has 14 heavy (non-hydrogen) atoms. The number of epoxide rings is 1. The highest BCUT2D eigenvalue weighted by Gasteiger charge is 2.47. The first-order chi connectivity index (χ1) is 6.45. The summed E-state index contributed by atoms with van der Waals surface area (Å²) >= 11 is 0. The van der Waals surface area contributed by atoms with Crippen molar-refractivity contribution in [2.45, 2.75) is 12.2 Å². The summed E-state index contributed by atoms with van der Waals surface area (Å²) in [5.41, 5.74) is 5.62. The maximum absolute atomic E-state index is 5.52. The Hall–Kier alpha value is -0.610. The van der Waals surface area contributed by atoms with E-state index in [-0.39, 0.29) is 24.0 Å². The Morgan fingerprint density at radius 3 is 2.71 bits per heavy atom. The molecule has 0 aromatic heterocycles. The third-order valence-electron chi connectivity index (χ3n) is 3.06. The van der Waals surface area contributed by atoms with Crippen LogP contribution in [0.15, 0.2) is 36.4 Å². The van der Waals surface area contributed by atoms with Crippen LogP contribution in [0.4, 0.5) is 0 Å². The summed E-state index contributed by atoms with van der Waals surface area (Å²) < 4.78 is 5.52. The molecule has 2 unspecified atom stereocenters. The van der Waals surface area contributed by atoms with Gasteiger partial charge in [0.1, 0.15) is 12.2 Å². The van der Waals surface area contributed by atoms with Crippen molar-refractivity contribution in [3.8, 4) is 0 Å². The monoisotopic (exact) mass is 296 g/mol. The first kappa shape index (κ1) is 8.68. The molecule has 0 N–H and O–H groups in total. The topological polar surface area (TPSA) is 12.5 Å². The highest BCUT2D eigenvalue weighted by atomic mass is 127. The number of benzene rings is 1. The van der Waals surface area contributed by atoms with E-state index in [0.717, 1.165) is 0 Å². The first-order valence-corrected chi connectivity index (χ1v) is 4.63. The van der Waals surface area contributed by atoms with Crippen molar-refractivity contribution in [1.29, 1.82) is 0 Å². The van der Waals surface area contributed by atoms with Crippen LogP contribution in [0.3, 0.4) is 0 Å². The van der Waals surface area contributed by atoms with Crippen LogP contribution in [-0.2, 0) is 4.74 Å². The molecule has 0 saturated carbocycles. The van der Waals surface area contributed by atoms with E-state index in [0.29, 0.717) is 12.2 Å². The van der Waals surface area contributed by atoms with Gasteiger partial charge in [-0.05, 0) is 22.3 Å². The fraction of sp³-hybridized carbons (Fsp3) is 0.167. The van der Waals surface area contributed by atoms with Crippen LogP contribution < -0.4 is 0 Å². The Morgan fingerprint density at radius 1 is 1.07 bits per heavy atom. The van der Waals surface area contributed by atoms with Crippen LogP contribution in [0, 0.1) is 0 Å². The lowest BCUT2D eigenvalue weighted by Gasteiger charge is -2.26. The molecule has 1 aromatic rings. The smallest absolute Gasteiger partial charge is 0.114 e. The van der Waals surface area contributed by atoms with E-state index in [1.54, 1.807) is 0 Å². The van der Waals surface area contributed by atoms with Crippen molar-refractivity contribution in [2.24, 2.45) is 0 Å². The molecule has 1 aromatic carbocycles. The van der Waals surface area contributed by atoms with Crippen LogP contribution in [0.25, 0.3) is 11.1 Å². The van der Waals surface area contributed by atoms with Crippen molar-refractivity contribution in [1.82, 2.24) is 0 Å². The van der Waals surface area contributed by atoms with Crippen LogP contribution in [0.2, 0.25) is 0 Å². The normalized spacial score (nSPS) is 29.4. The van der Waals surface area contributed by atoms with E-state index >= 15 is 0 Å². The molecule has 1 fully saturated rings. The van der Waals surface area contributed by atoms with Gasteiger partial charge in [0.15, 0.2) is 0 Å². The molecule has 0 amide bonds. The summed E-state index contributed by atoms with van der Waals surface area (Å²) in [5.74, 6) is 0. The van der Waals surface area contributed by atoms with Gasteiger partial charge in [0.25, 0.3) is 0 Å². The van der Waals surface area contributed by atoms with Gasteiger partial charge < -0.3 is 4.74 Å². The molecule has 1 aliphatic heterocycles. The Kier molecular flexibility index (Phi) is 1.67. The summed E-state index contributed by atoms with van der Waals surface area (Å²) in [6.45, 7) is 0. The molecule has 3 aliphatic rings. The second kappa shape index (κ2) is 2.70. The molecule has 2 aliphatic carbocycles. The van der Waals surface area contributed by atoms with Crippen LogP contribution in [-0.4, -0.2) is 12.2 Å². The lowest BCUT2D eigenvalue weighted by Crippen LogP contribution is -2.13. The second-order valence-electron chi connectivity index (χ2n) is 3.75. The second-order valence-corrected chi connectivity index (χ2v) is 3.75. The zero-order valence-electron chi connectivity index (χ0n) is 7.44. The third kappa shape index (κ3) is 0.880. The maximum atomic E-state index is 5.52. The van der Waals surface area contributed by atoms with E-state index in [9.17, 15) is 0 Å². The molecule has 1 nitrogen and oxygen atoms in total. The minimum absolute atomic E-state index is 0. The fourth-order valence-corrected chi connectivity index (χ4v) is 2.36. The molecule has 0 bridgehead atoms. The molecule has 2 heteroatoms. The minimum atomic E-state index is 0. The van der Waals surface area contributed by atoms with E-state index in [1.807, 2.05) is 0 Å². The number of rotatable bonds is 0. The van der Waals surface area contributed by atoms with Gasteiger partial charge in [0.2, 0.25) is 0 Å². The standard InChI is InChI=1S/C12H8O.HI/c1-2-4-8-7(3-1)9-5-6-10-12(13-10)11(8)9;/h1-6,10,12H;1H. The molecule has 2 atom stereocenters. The molecule has 1 saturated heterocycles. The molecule has 4 rings (SSSR count).